The number of nitrogens with one attached hydrogen (secondary N) is 2. The highest BCUT2D eigenvalue weighted by atomic mass is 35.5. The number of thiocarbonyl (C=S) groups is 1. The van der Waals surface area contributed by atoms with Crippen LogP contribution < -0.4 is 20.1 Å². The standard InChI is InChI=1S/C17H19ClN2O2S/c1-21-15-8-7-14(11-16(15)22-2)20-17(23)19-10-9-12-3-5-13(18)6-4-12/h3-8,11H,9-10H2,1-2H3,(H2,19,20,23). The normalized spacial score (nSPS) is 10.0. The van der Waals surface area contributed by atoms with E-state index in [1.54, 1.807) is 14.2 Å². The Morgan fingerprint density at radius 2 is 1.74 bits per heavy atom. The molecule has 122 valence electrons. The molecular formula is C17H19ClN2O2S. The van der Waals surface area contributed by atoms with E-state index >= 15 is 0 Å². The van der Waals surface area contributed by atoms with Gasteiger partial charge in [-0.3, -0.25) is 0 Å². The third-order valence-electron chi connectivity index (χ3n) is 3.25. The molecule has 0 unspecified atom stereocenters. The van der Waals surface area contributed by atoms with Crippen LogP contribution >= 0.6 is 23.8 Å². The Balaban J connectivity index is 1.83. The quantitative estimate of drug-likeness (QED) is 0.774. The molecule has 0 spiro atoms. The number of hydrogen-bond donors (Lipinski definition) is 2. The lowest BCUT2D eigenvalue weighted by Crippen LogP contribution is -2.30. The van der Waals surface area contributed by atoms with Gasteiger partial charge < -0.3 is 20.1 Å². The van der Waals surface area contributed by atoms with Crippen molar-refractivity contribution in [1.82, 2.24) is 5.32 Å². The average molecular weight is 351 g/mol. The van der Waals surface area contributed by atoms with Crippen molar-refractivity contribution in [3.63, 3.8) is 0 Å². The van der Waals surface area contributed by atoms with Gasteiger partial charge in [0.05, 0.1) is 14.2 Å². The van der Waals surface area contributed by atoms with Crippen LogP contribution in [0, 0.1) is 0 Å². The molecule has 0 aromatic heterocycles. The molecule has 0 aliphatic heterocycles. The second kappa shape index (κ2) is 8.60. The van der Waals surface area contributed by atoms with Crippen molar-refractivity contribution >= 4 is 34.6 Å². The summed E-state index contributed by atoms with van der Waals surface area (Å²) in [6.45, 7) is 0.737. The zero-order valence-electron chi connectivity index (χ0n) is 13.1. The summed E-state index contributed by atoms with van der Waals surface area (Å²) in [7, 11) is 3.21. The fourth-order valence-corrected chi connectivity index (χ4v) is 2.41. The first-order chi connectivity index (χ1) is 11.1. The van der Waals surface area contributed by atoms with Crippen LogP contribution in [0.15, 0.2) is 42.5 Å². The summed E-state index contributed by atoms with van der Waals surface area (Å²) < 4.78 is 10.5. The molecule has 0 aliphatic carbocycles. The first kappa shape index (κ1) is 17.4. The lowest BCUT2D eigenvalue weighted by atomic mass is 10.1. The van der Waals surface area contributed by atoms with E-state index in [2.05, 4.69) is 10.6 Å². The van der Waals surface area contributed by atoms with Gasteiger partial charge in [-0.1, -0.05) is 23.7 Å². The number of halogens is 1. The summed E-state index contributed by atoms with van der Waals surface area (Å²) in [6.07, 6.45) is 0.866. The molecule has 0 fully saturated rings. The highest BCUT2D eigenvalue weighted by Gasteiger charge is 2.05. The van der Waals surface area contributed by atoms with Crippen LogP contribution in [0.2, 0.25) is 5.02 Å². The maximum absolute atomic E-state index is 5.87. The number of rotatable bonds is 6. The second-order valence-corrected chi connectivity index (χ2v) is 5.67. The van der Waals surface area contributed by atoms with Crippen LogP contribution in [-0.2, 0) is 6.42 Å². The van der Waals surface area contributed by atoms with Crippen molar-refractivity contribution < 1.29 is 9.47 Å². The number of ether oxygens (including phenoxy) is 2. The predicted octanol–water partition coefficient (Wildman–Crippen LogP) is 3.89. The molecule has 2 aromatic rings. The average Bonchev–Trinajstić information content (AvgIpc) is 2.56. The van der Waals surface area contributed by atoms with Gasteiger partial charge >= 0.3 is 0 Å². The summed E-state index contributed by atoms with van der Waals surface area (Å²) in [5.74, 6) is 1.33. The third-order valence-corrected chi connectivity index (χ3v) is 3.75. The van der Waals surface area contributed by atoms with Gasteiger partial charge in [-0.05, 0) is 48.5 Å². The maximum atomic E-state index is 5.87. The molecular weight excluding hydrogens is 332 g/mol. The highest BCUT2D eigenvalue weighted by Crippen LogP contribution is 2.29. The summed E-state index contributed by atoms with van der Waals surface area (Å²) in [6, 6.07) is 13.3. The molecule has 0 saturated heterocycles. The minimum atomic E-state index is 0.561. The molecule has 0 radical (unpaired) electrons. The monoisotopic (exact) mass is 350 g/mol. The molecule has 0 heterocycles. The van der Waals surface area contributed by atoms with Crippen LogP contribution in [0.3, 0.4) is 0 Å². The van der Waals surface area contributed by atoms with Crippen molar-refractivity contribution in [2.75, 3.05) is 26.1 Å². The molecule has 4 nitrogen and oxygen atoms in total. The highest BCUT2D eigenvalue weighted by molar-refractivity contribution is 7.80. The van der Waals surface area contributed by atoms with Crippen molar-refractivity contribution in [1.29, 1.82) is 0 Å². The Morgan fingerprint density at radius 1 is 1.04 bits per heavy atom. The van der Waals surface area contributed by atoms with E-state index in [1.165, 1.54) is 5.56 Å². The number of benzene rings is 2. The van der Waals surface area contributed by atoms with Crippen LogP contribution in [0.5, 0.6) is 11.5 Å². The Morgan fingerprint density at radius 3 is 2.39 bits per heavy atom. The molecule has 0 amide bonds. The number of anilines is 1. The Kier molecular flexibility index (Phi) is 6.50. The van der Waals surface area contributed by atoms with Crippen LogP contribution in [0.4, 0.5) is 5.69 Å². The fourth-order valence-electron chi connectivity index (χ4n) is 2.06. The topological polar surface area (TPSA) is 42.5 Å². The molecule has 2 aromatic carbocycles. The SMILES string of the molecule is COc1ccc(NC(=S)NCCc2ccc(Cl)cc2)cc1OC. The van der Waals surface area contributed by atoms with E-state index in [1.807, 2.05) is 42.5 Å². The smallest absolute Gasteiger partial charge is 0.170 e. The molecule has 23 heavy (non-hydrogen) atoms. The lowest BCUT2D eigenvalue weighted by Gasteiger charge is -2.13. The minimum Gasteiger partial charge on any atom is -0.493 e. The van der Waals surface area contributed by atoms with E-state index in [0.29, 0.717) is 16.6 Å². The van der Waals surface area contributed by atoms with E-state index in [0.717, 1.165) is 23.7 Å². The van der Waals surface area contributed by atoms with E-state index in [-0.39, 0.29) is 0 Å². The Labute approximate surface area is 146 Å². The zero-order chi connectivity index (χ0) is 16.7. The van der Waals surface area contributed by atoms with E-state index in [4.69, 9.17) is 33.3 Å². The van der Waals surface area contributed by atoms with Gasteiger partial charge in [0.2, 0.25) is 0 Å². The molecule has 2 rings (SSSR count). The third kappa shape index (κ3) is 5.30. The molecule has 2 N–H and O–H groups in total. The molecule has 0 aliphatic rings. The van der Waals surface area contributed by atoms with Crippen molar-refractivity contribution in [3.05, 3.63) is 53.1 Å². The summed E-state index contributed by atoms with van der Waals surface area (Å²) in [4.78, 5) is 0. The van der Waals surface area contributed by atoms with Crippen molar-refractivity contribution in [3.8, 4) is 11.5 Å². The van der Waals surface area contributed by atoms with Crippen molar-refractivity contribution in [2.24, 2.45) is 0 Å². The first-order valence-electron chi connectivity index (χ1n) is 7.13. The summed E-state index contributed by atoms with van der Waals surface area (Å²) in [5.41, 5.74) is 2.04. The van der Waals surface area contributed by atoms with E-state index in [9.17, 15) is 0 Å². The maximum Gasteiger partial charge on any atom is 0.170 e. The largest absolute Gasteiger partial charge is 0.493 e. The fraction of sp³-hybridized carbons (Fsp3) is 0.235. The van der Waals surface area contributed by atoms with Crippen LogP contribution in [-0.4, -0.2) is 25.9 Å². The molecule has 0 bridgehead atoms. The van der Waals surface area contributed by atoms with Gasteiger partial charge in [0.1, 0.15) is 0 Å². The van der Waals surface area contributed by atoms with Crippen LogP contribution in [0.1, 0.15) is 5.56 Å². The van der Waals surface area contributed by atoms with Crippen LogP contribution in [0.25, 0.3) is 0 Å². The van der Waals surface area contributed by atoms with Gasteiger partial charge in [-0.25, -0.2) is 0 Å². The van der Waals surface area contributed by atoms with Gasteiger partial charge in [-0.15, -0.1) is 0 Å². The molecule has 0 saturated carbocycles. The Hall–Kier alpha value is -1.98. The number of methoxy groups -OCH3 is 2. The lowest BCUT2D eigenvalue weighted by molar-refractivity contribution is 0.355. The molecule has 0 atom stereocenters. The first-order valence-corrected chi connectivity index (χ1v) is 7.92. The summed E-state index contributed by atoms with van der Waals surface area (Å²) in [5, 5.41) is 7.61. The number of hydrogen-bond acceptors (Lipinski definition) is 3. The van der Waals surface area contributed by atoms with E-state index < -0.39 is 0 Å². The van der Waals surface area contributed by atoms with Gasteiger partial charge in [0, 0.05) is 23.3 Å². The summed E-state index contributed by atoms with van der Waals surface area (Å²) >= 11 is 11.2. The van der Waals surface area contributed by atoms with Gasteiger partial charge in [0.15, 0.2) is 16.6 Å². The Bertz CT molecular complexity index is 662. The van der Waals surface area contributed by atoms with Gasteiger partial charge in [-0.2, -0.15) is 0 Å². The predicted molar refractivity (Wildman–Crippen MR) is 98.9 cm³/mol. The second-order valence-electron chi connectivity index (χ2n) is 4.83. The zero-order valence-corrected chi connectivity index (χ0v) is 14.6. The molecule has 6 heteroatoms. The van der Waals surface area contributed by atoms with Crippen molar-refractivity contribution in [2.45, 2.75) is 6.42 Å². The minimum absolute atomic E-state index is 0.561. The van der Waals surface area contributed by atoms with Gasteiger partial charge in [0.25, 0.3) is 0 Å².